The van der Waals surface area contributed by atoms with Crippen molar-refractivity contribution in [1.29, 1.82) is 0 Å². The van der Waals surface area contributed by atoms with Gasteiger partial charge in [0.05, 0.1) is 16.8 Å². The molecule has 0 aliphatic carbocycles. The molecule has 2 heterocycles. The van der Waals surface area contributed by atoms with Gasteiger partial charge in [-0.05, 0) is 35.6 Å². The van der Waals surface area contributed by atoms with Crippen LogP contribution in [0.25, 0.3) is 22.0 Å². The third-order valence-corrected chi connectivity index (χ3v) is 6.90. The van der Waals surface area contributed by atoms with Crippen LogP contribution in [0, 0.1) is 0 Å². The lowest BCUT2D eigenvalue weighted by Crippen LogP contribution is -2.27. The molecule has 3 aromatic rings. The summed E-state index contributed by atoms with van der Waals surface area (Å²) in [5.74, 6) is -0.823. The molecule has 1 aliphatic heterocycles. The van der Waals surface area contributed by atoms with Crippen LogP contribution in [-0.4, -0.2) is 48.1 Å². The van der Waals surface area contributed by atoms with Crippen molar-refractivity contribution in [2.75, 3.05) is 19.3 Å². The fourth-order valence-corrected chi connectivity index (χ4v) is 4.94. The Morgan fingerprint density at radius 1 is 1.25 bits per heavy atom. The summed E-state index contributed by atoms with van der Waals surface area (Å²) in [5.41, 5.74) is 3.60. The minimum Gasteiger partial charge on any atom is -0.478 e. The molecule has 0 saturated carbocycles. The number of halogens is 1. The average Bonchev–Trinajstić information content (AvgIpc) is 3.28. The molecule has 1 saturated heterocycles. The first-order valence-corrected chi connectivity index (χ1v) is 11.1. The van der Waals surface area contributed by atoms with E-state index in [0.29, 0.717) is 29.0 Å². The highest BCUT2D eigenvalue weighted by Gasteiger charge is 2.29. The van der Waals surface area contributed by atoms with E-state index in [1.807, 2.05) is 24.3 Å². The van der Waals surface area contributed by atoms with E-state index >= 15 is 0 Å². The predicted octanol–water partition coefficient (Wildman–Crippen LogP) is 3.94. The normalized spacial score (nSPS) is 18.0. The van der Waals surface area contributed by atoms with Gasteiger partial charge in [0.1, 0.15) is 0 Å². The largest absolute Gasteiger partial charge is 0.478 e. The molecule has 1 unspecified atom stereocenters. The first kappa shape index (κ1) is 19.0. The molecule has 1 aromatic heterocycles. The van der Waals surface area contributed by atoms with Crippen molar-refractivity contribution in [3.8, 4) is 11.1 Å². The Labute approximate surface area is 167 Å². The maximum absolute atomic E-state index is 11.7. The summed E-state index contributed by atoms with van der Waals surface area (Å²) in [6.45, 7) is 1.04. The summed E-state index contributed by atoms with van der Waals surface area (Å²) < 4.78 is 24.9. The fourth-order valence-electron chi connectivity index (χ4n) is 3.78. The number of aromatic carboxylic acids is 1. The van der Waals surface area contributed by atoms with E-state index in [1.165, 1.54) is 16.8 Å². The zero-order valence-corrected chi connectivity index (χ0v) is 16.7. The predicted molar refractivity (Wildman–Crippen MR) is 109 cm³/mol. The number of sulfonamides is 1. The molecule has 0 spiro atoms. The smallest absolute Gasteiger partial charge is 0.337 e. The van der Waals surface area contributed by atoms with Crippen LogP contribution >= 0.6 is 11.6 Å². The van der Waals surface area contributed by atoms with Gasteiger partial charge in [-0.3, -0.25) is 0 Å². The first-order chi connectivity index (χ1) is 13.2. The summed E-state index contributed by atoms with van der Waals surface area (Å²) in [7, 11) is -3.16. The maximum atomic E-state index is 11.7. The van der Waals surface area contributed by atoms with E-state index < -0.39 is 16.0 Å². The van der Waals surface area contributed by atoms with E-state index in [1.54, 1.807) is 12.1 Å². The van der Waals surface area contributed by atoms with Gasteiger partial charge >= 0.3 is 5.97 Å². The van der Waals surface area contributed by atoms with Crippen molar-refractivity contribution >= 4 is 38.5 Å². The van der Waals surface area contributed by atoms with E-state index in [-0.39, 0.29) is 11.5 Å². The number of fused-ring (bicyclic) bond motifs is 1. The second-order valence-corrected chi connectivity index (χ2v) is 9.50. The number of benzene rings is 2. The van der Waals surface area contributed by atoms with Crippen LogP contribution in [0.5, 0.6) is 0 Å². The average molecular weight is 419 g/mol. The molecule has 2 N–H and O–H groups in total. The van der Waals surface area contributed by atoms with Crippen molar-refractivity contribution < 1.29 is 18.3 Å². The molecule has 0 amide bonds. The zero-order chi connectivity index (χ0) is 20.1. The molecule has 0 bridgehead atoms. The van der Waals surface area contributed by atoms with E-state index in [2.05, 4.69) is 4.98 Å². The summed E-state index contributed by atoms with van der Waals surface area (Å²) >= 11 is 6.42. The number of carbonyl (C=O) groups is 1. The van der Waals surface area contributed by atoms with Gasteiger partial charge in [-0.25, -0.2) is 17.5 Å². The summed E-state index contributed by atoms with van der Waals surface area (Å²) in [4.78, 5) is 14.3. The molecular weight excluding hydrogens is 400 g/mol. The molecule has 1 aliphatic rings. The molecule has 8 heteroatoms. The fraction of sp³-hybridized carbons (Fsp3) is 0.250. The Bertz CT molecular complexity index is 1170. The molecule has 6 nitrogen and oxygen atoms in total. The SMILES string of the molecule is CS(=O)(=O)N1CCC(c2ccc(-c3cc4c(C(=O)O)c[nH]c4cc3Cl)cc2)C1. The van der Waals surface area contributed by atoms with Crippen LogP contribution in [0.4, 0.5) is 0 Å². The number of carboxylic acids is 1. The second kappa shape index (κ2) is 6.92. The van der Waals surface area contributed by atoms with Crippen molar-refractivity contribution in [3.63, 3.8) is 0 Å². The monoisotopic (exact) mass is 418 g/mol. The Morgan fingerprint density at radius 2 is 1.96 bits per heavy atom. The van der Waals surface area contributed by atoms with Crippen molar-refractivity contribution in [3.05, 3.63) is 58.7 Å². The highest BCUT2D eigenvalue weighted by atomic mass is 35.5. The molecule has 1 atom stereocenters. The van der Waals surface area contributed by atoms with Crippen LogP contribution in [-0.2, 0) is 10.0 Å². The Morgan fingerprint density at radius 3 is 2.57 bits per heavy atom. The molecule has 1 fully saturated rings. The summed E-state index contributed by atoms with van der Waals surface area (Å²) in [5, 5.41) is 10.5. The van der Waals surface area contributed by atoms with Gasteiger partial charge in [0.2, 0.25) is 10.0 Å². The Kier molecular flexibility index (Phi) is 4.69. The number of carboxylic acid groups (broad SMARTS) is 1. The second-order valence-electron chi connectivity index (χ2n) is 7.11. The minimum absolute atomic E-state index is 0.171. The number of H-pyrrole nitrogens is 1. The zero-order valence-electron chi connectivity index (χ0n) is 15.1. The third-order valence-electron chi connectivity index (χ3n) is 5.31. The summed E-state index contributed by atoms with van der Waals surface area (Å²) in [6, 6.07) is 11.4. The highest BCUT2D eigenvalue weighted by Crippen LogP contribution is 2.35. The number of aromatic nitrogens is 1. The molecule has 146 valence electrons. The molecule has 4 rings (SSSR count). The topological polar surface area (TPSA) is 90.5 Å². The molecule has 28 heavy (non-hydrogen) atoms. The van der Waals surface area contributed by atoms with E-state index in [0.717, 1.165) is 23.1 Å². The quantitative estimate of drug-likeness (QED) is 0.671. The van der Waals surface area contributed by atoms with Crippen LogP contribution in [0.1, 0.15) is 28.3 Å². The Balaban J connectivity index is 1.65. The number of nitrogens with zero attached hydrogens (tertiary/aromatic N) is 1. The third kappa shape index (κ3) is 3.41. The van der Waals surface area contributed by atoms with Crippen molar-refractivity contribution in [2.24, 2.45) is 0 Å². The van der Waals surface area contributed by atoms with Crippen LogP contribution in [0.2, 0.25) is 5.02 Å². The lowest BCUT2D eigenvalue weighted by molar-refractivity contribution is 0.0699. The van der Waals surface area contributed by atoms with Crippen LogP contribution in [0.3, 0.4) is 0 Å². The lowest BCUT2D eigenvalue weighted by atomic mass is 9.95. The van der Waals surface area contributed by atoms with Gasteiger partial charge in [-0.1, -0.05) is 35.9 Å². The summed E-state index contributed by atoms with van der Waals surface area (Å²) in [6.07, 6.45) is 3.50. The van der Waals surface area contributed by atoms with E-state index in [4.69, 9.17) is 11.6 Å². The van der Waals surface area contributed by atoms with Gasteiger partial charge in [-0.15, -0.1) is 0 Å². The first-order valence-electron chi connectivity index (χ1n) is 8.83. The van der Waals surface area contributed by atoms with Crippen molar-refractivity contribution in [2.45, 2.75) is 12.3 Å². The van der Waals surface area contributed by atoms with Gasteiger partial charge in [0, 0.05) is 35.8 Å². The van der Waals surface area contributed by atoms with Crippen molar-refractivity contribution in [1.82, 2.24) is 9.29 Å². The lowest BCUT2D eigenvalue weighted by Gasteiger charge is -2.14. The van der Waals surface area contributed by atoms with Crippen LogP contribution in [0.15, 0.2) is 42.6 Å². The molecule has 0 radical (unpaired) electrons. The Hall–Kier alpha value is -2.35. The van der Waals surface area contributed by atoms with Gasteiger partial charge in [-0.2, -0.15) is 0 Å². The number of aromatic amines is 1. The molecular formula is C20H19ClN2O4S. The number of hydrogen-bond donors (Lipinski definition) is 2. The molecule has 2 aromatic carbocycles. The van der Waals surface area contributed by atoms with Crippen LogP contribution < -0.4 is 0 Å². The van der Waals surface area contributed by atoms with Gasteiger partial charge in [0.15, 0.2) is 0 Å². The number of rotatable bonds is 4. The number of hydrogen-bond acceptors (Lipinski definition) is 3. The maximum Gasteiger partial charge on any atom is 0.337 e. The highest BCUT2D eigenvalue weighted by molar-refractivity contribution is 7.88. The van der Waals surface area contributed by atoms with Gasteiger partial charge < -0.3 is 10.1 Å². The van der Waals surface area contributed by atoms with Gasteiger partial charge in [0.25, 0.3) is 0 Å². The standard InChI is InChI=1S/C20H19ClN2O4S/c1-28(26,27)23-7-6-14(11-23)12-2-4-13(5-3-12)15-8-16-17(20(24)25)10-22-19(16)9-18(15)21/h2-5,8-10,14,22H,6-7,11H2,1H3,(H,24,25). The minimum atomic E-state index is -3.16. The van der Waals surface area contributed by atoms with E-state index in [9.17, 15) is 18.3 Å². The number of nitrogens with one attached hydrogen (secondary N) is 1.